The molecule has 1 aliphatic carbocycles. The molecule has 15 heavy (non-hydrogen) atoms. The topological polar surface area (TPSA) is 37.4 Å². The highest BCUT2D eigenvalue weighted by molar-refractivity contribution is 5.88. The Labute approximate surface area is 90.8 Å². The second kappa shape index (κ2) is 3.06. The van der Waals surface area contributed by atoms with E-state index in [1.807, 2.05) is 0 Å². The van der Waals surface area contributed by atoms with Crippen molar-refractivity contribution >= 4 is 11.7 Å². The number of amides is 1. The lowest BCUT2D eigenvalue weighted by Crippen LogP contribution is -2.50. The molecule has 1 heterocycles. The van der Waals surface area contributed by atoms with Crippen LogP contribution in [0, 0.1) is 17.3 Å². The van der Waals surface area contributed by atoms with Crippen LogP contribution in [0.25, 0.3) is 0 Å². The van der Waals surface area contributed by atoms with Gasteiger partial charge in [0.25, 0.3) is 0 Å². The molecule has 3 heteroatoms. The fourth-order valence-corrected chi connectivity index (χ4v) is 3.64. The summed E-state index contributed by atoms with van der Waals surface area (Å²) >= 11 is 0. The van der Waals surface area contributed by atoms with Crippen LogP contribution in [-0.2, 0) is 9.59 Å². The van der Waals surface area contributed by atoms with Gasteiger partial charge in [0.05, 0.1) is 6.04 Å². The van der Waals surface area contributed by atoms with E-state index in [1.54, 1.807) is 18.7 Å². The van der Waals surface area contributed by atoms with E-state index in [0.29, 0.717) is 11.8 Å². The Morgan fingerprint density at radius 1 is 1.27 bits per heavy atom. The Hall–Kier alpha value is -0.860. The first kappa shape index (κ1) is 10.7. The average Bonchev–Trinajstić information content (AvgIpc) is 2.39. The van der Waals surface area contributed by atoms with Crippen molar-refractivity contribution in [1.29, 1.82) is 0 Å². The van der Waals surface area contributed by atoms with Crippen molar-refractivity contribution < 1.29 is 9.59 Å². The molecule has 1 amide bonds. The normalized spacial score (nSPS) is 37.1. The Bertz CT molecular complexity index is 322. The minimum Gasteiger partial charge on any atom is -0.332 e. The fraction of sp³-hybridized carbons (Fsp3) is 0.833. The van der Waals surface area contributed by atoms with Crippen molar-refractivity contribution in [2.24, 2.45) is 17.3 Å². The zero-order valence-electron chi connectivity index (χ0n) is 9.91. The van der Waals surface area contributed by atoms with Crippen molar-refractivity contribution in [1.82, 2.24) is 4.90 Å². The van der Waals surface area contributed by atoms with Gasteiger partial charge in [-0.05, 0) is 30.6 Å². The number of fused-ring (bicyclic) bond motifs is 1. The number of ketones is 1. The van der Waals surface area contributed by atoms with Crippen molar-refractivity contribution in [3.05, 3.63) is 0 Å². The van der Waals surface area contributed by atoms with Gasteiger partial charge in [0.2, 0.25) is 5.91 Å². The second-order valence-corrected chi connectivity index (χ2v) is 5.71. The summed E-state index contributed by atoms with van der Waals surface area (Å²) in [4.78, 5) is 24.9. The van der Waals surface area contributed by atoms with Crippen molar-refractivity contribution in [3.63, 3.8) is 0 Å². The molecule has 1 unspecified atom stereocenters. The van der Waals surface area contributed by atoms with Crippen LogP contribution < -0.4 is 0 Å². The summed E-state index contributed by atoms with van der Waals surface area (Å²) in [5.41, 5.74) is 0.227. The number of hydrogen-bond donors (Lipinski definition) is 0. The summed E-state index contributed by atoms with van der Waals surface area (Å²) < 4.78 is 0. The predicted octanol–water partition coefficient (Wildman–Crippen LogP) is 1.47. The molecule has 1 aliphatic heterocycles. The molecule has 2 aliphatic rings. The van der Waals surface area contributed by atoms with Crippen molar-refractivity contribution in [3.8, 4) is 0 Å². The lowest BCUT2D eigenvalue weighted by molar-refractivity contribution is -0.137. The van der Waals surface area contributed by atoms with Gasteiger partial charge in [-0.15, -0.1) is 0 Å². The highest BCUT2D eigenvalue weighted by atomic mass is 16.2. The highest BCUT2D eigenvalue weighted by Gasteiger charge is 2.59. The van der Waals surface area contributed by atoms with Gasteiger partial charge in [-0.25, -0.2) is 0 Å². The number of carbonyl (C=O) groups is 2. The van der Waals surface area contributed by atoms with Crippen LogP contribution in [0.2, 0.25) is 0 Å². The minimum absolute atomic E-state index is 0.0420. The zero-order chi connectivity index (χ0) is 11.4. The molecule has 1 saturated heterocycles. The van der Waals surface area contributed by atoms with E-state index in [9.17, 15) is 9.59 Å². The summed E-state index contributed by atoms with van der Waals surface area (Å²) in [6.07, 6.45) is 1.14. The zero-order valence-corrected chi connectivity index (χ0v) is 9.91. The average molecular weight is 209 g/mol. The maximum Gasteiger partial charge on any atom is 0.220 e. The van der Waals surface area contributed by atoms with Crippen molar-refractivity contribution in [2.45, 2.75) is 40.2 Å². The van der Waals surface area contributed by atoms with Crippen LogP contribution in [0.5, 0.6) is 0 Å². The Morgan fingerprint density at radius 2 is 1.87 bits per heavy atom. The maximum absolute atomic E-state index is 11.6. The first-order chi connectivity index (χ1) is 6.84. The smallest absolute Gasteiger partial charge is 0.220 e. The molecule has 0 aromatic heterocycles. The molecular weight excluding hydrogens is 190 g/mol. The molecule has 0 spiro atoms. The SMILES string of the molecule is CC(=O)[C@@H]1[C@@H]2C(CN1C(C)=O)CC2(C)C. The first-order valence-corrected chi connectivity index (χ1v) is 5.62. The van der Waals surface area contributed by atoms with Crippen LogP contribution in [0.3, 0.4) is 0 Å². The van der Waals surface area contributed by atoms with Crippen LogP contribution >= 0.6 is 0 Å². The molecular formula is C12H19NO2. The van der Waals surface area contributed by atoms with Gasteiger partial charge in [0, 0.05) is 13.5 Å². The van der Waals surface area contributed by atoms with Crippen LogP contribution in [0.15, 0.2) is 0 Å². The number of rotatable bonds is 1. The molecule has 1 saturated carbocycles. The fourth-order valence-electron chi connectivity index (χ4n) is 3.64. The second-order valence-electron chi connectivity index (χ2n) is 5.71. The van der Waals surface area contributed by atoms with E-state index < -0.39 is 0 Å². The molecule has 0 bridgehead atoms. The summed E-state index contributed by atoms with van der Waals surface area (Å²) in [5.74, 6) is 1.13. The van der Waals surface area contributed by atoms with Crippen molar-refractivity contribution in [2.75, 3.05) is 6.54 Å². The third-order valence-electron chi connectivity index (χ3n) is 4.13. The van der Waals surface area contributed by atoms with Gasteiger partial charge in [0.1, 0.15) is 0 Å². The monoisotopic (exact) mass is 209 g/mol. The Balaban J connectivity index is 2.27. The Kier molecular flexibility index (Phi) is 2.18. The molecule has 3 atom stereocenters. The van der Waals surface area contributed by atoms with Crippen LogP contribution in [-0.4, -0.2) is 29.2 Å². The minimum atomic E-state index is -0.156. The van der Waals surface area contributed by atoms with E-state index >= 15 is 0 Å². The van der Waals surface area contributed by atoms with E-state index in [0.717, 1.165) is 13.0 Å². The summed E-state index contributed by atoms with van der Waals surface area (Å²) in [6, 6.07) is -0.156. The lowest BCUT2D eigenvalue weighted by atomic mass is 9.55. The molecule has 0 aromatic rings. The Morgan fingerprint density at radius 3 is 2.27 bits per heavy atom. The maximum atomic E-state index is 11.6. The van der Waals surface area contributed by atoms with E-state index in [4.69, 9.17) is 0 Å². The molecule has 84 valence electrons. The number of hydrogen-bond acceptors (Lipinski definition) is 2. The molecule has 0 aromatic carbocycles. The quantitative estimate of drug-likeness (QED) is 0.655. The van der Waals surface area contributed by atoms with Gasteiger partial charge < -0.3 is 4.90 Å². The number of nitrogens with zero attached hydrogens (tertiary/aromatic N) is 1. The van der Waals surface area contributed by atoms with E-state index in [1.165, 1.54) is 0 Å². The van der Waals surface area contributed by atoms with Gasteiger partial charge in [0.15, 0.2) is 5.78 Å². The molecule has 0 N–H and O–H groups in total. The number of carbonyl (C=O) groups excluding carboxylic acids is 2. The molecule has 2 fully saturated rings. The standard InChI is InChI=1S/C12H19NO2/c1-7(14)11-10-9(5-12(10,3)4)6-13(11)8(2)15/h9-11H,5-6H2,1-4H3/t9?,10-,11+/m0/s1. The third-order valence-corrected chi connectivity index (χ3v) is 4.13. The molecule has 2 rings (SSSR count). The number of Topliss-reactive ketones (excluding diaryl/α,β-unsaturated/α-hetero) is 1. The van der Waals surface area contributed by atoms with Gasteiger partial charge >= 0.3 is 0 Å². The summed E-state index contributed by atoms with van der Waals surface area (Å²) in [5, 5.41) is 0. The lowest BCUT2D eigenvalue weighted by Gasteiger charge is -2.49. The molecule has 3 nitrogen and oxygen atoms in total. The first-order valence-electron chi connectivity index (χ1n) is 5.62. The predicted molar refractivity (Wildman–Crippen MR) is 57.2 cm³/mol. The highest BCUT2D eigenvalue weighted by Crippen LogP contribution is 2.57. The van der Waals surface area contributed by atoms with Crippen LogP contribution in [0.4, 0.5) is 0 Å². The van der Waals surface area contributed by atoms with Crippen LogP contribution in [0.1, 0.15) is 34.1 Å². The van der Waals surface area contributed by atoms with E-state index in [2.05, 4.69) is 13.8 Å². The van der Waals surface area contributed by atoms with Gasteiger partial charge in [-0.1, -0.05) is 13.8 Å². The summed E-state index contributed by atoms with van der Waals surface area (Å²) in [6.45, 7) is 8.36. The van der Waals surface area contributed by atoms with E-state index in [-0.39, 0.29) is 23.1 Å². The number of likely N-dealkylation sites (tertiary alicyclic amines) is 1. The summed E-state index contributed by atoms with van der Waals surface area (Å²) in [7, 11) is 0. The van der Waals surface area contributed by atoms with Gasteiger partial charge in [-0.3, -0.25) is 9.59 Å². The largest absolute Gasteiger partial charge is 0.332 e. The molecule has 0 radical (unpaired) electrons. The van der Waals surface area contributed by atoms with Gasteiger partial charge in [-0.2, -0.15) is 0 Å². The third kappa shape index (κ3) is 1.40.